The summed E-state index contributed by atoms with van der Waals surface area (Å²) in [6, 6.07) is 0.308. The van der Waals surface area contributed by atoms with Gasteiger partial charge in [-0.2, -0.15) is 0 Å². The van der Waals surface area contributed by atoms with Gasteiger partial charge in [-0.15, -0.1) is 0 Å². The van der Waals surface area contributed by atoms with Crippen molar-refractivity contribution in [2.75, 3.05) is 32.7 Å². The van der Waals surface area contributed by atoms with Gasteiger partial charge >= 0.3 is 6.03 Å². The van der Waals surface area contributed by atoms with Gasteiger partial charge in [-0.1, -0.05) is 11.6 Å². The summed E-state index contributed by atoms with van der Waals surface area (Å²) in [5.41, 5.74) is 1.50. The normalized spacial score (nSPS) is 24.0. The summed E-state index contributed by atoms with van der Waals surface area (Å²) in [4.78, 5) is 28.4. The Kier molecular flexibility index (Phi) is 6.34. The molecule has 6 heteroatoms. The molecule has 2 N–H and O–H groups in total. The maximum absolute atomic E-state index is 12.4. The van der Waals surface area contributed by atoms with Crippen LogP contribution in [-0.4, -0.2) is 66.5 Å². The lowest BCUT2D eigenvalue weighted by molar-refractivity contribution is -0.126. The summed E-state index contributed by atoms with van der Waals surface area (Å²) in [6.45, 7) is 6.09. The van der Waals surface area contributed by atoms with Crippen LogP contribution in [0.15, 0.2) is 11.6 Å². The van der Waals surface area contributed by atoms with Gasteiger partial charge < -0.3 is 15.5 Å². The van der Waals surface area contributed by atoms with Crippen molar-refractivity contribution in [3.05, 3.63) is 11.6 Å². The van der Waals surface area contributed by atoms with E-state index in [0.717, 1.165) is 52.0 Å². The molecule has 6 nitrogen and oxygen atoms in total. The average molecular weight is 348 g/mol. The molecule has 0 saturated carbocycles. The number of rotatable bonds is 6. The first-order valence-corrected chi connectivity index (χ1v) is 9.89. The van der Waals surface area contributed by atoms with Crippen LogP contribution in [0.3, 0.4) is 0 Å². The molecule has 0 spiro atoms. The van der Waals surface area contributed by atoms with Gasteiger partial charge in [0.05, 0.1) is 6.04 Å². The average Bonchev–Trinajstić information content (AvgIpc) is 3.08. The van der Waals surface area contributed by atoms with E-state index in [-0.39, 0.29) is 18.0 Å². The Labute approximate surface area is 151 Å². The fraction of sp³-hybridized carbons (Fsp3) is 0.789. The summed E-state index contributed by atoms with van der Waals surface area (Å²) >= 11 is 0. The van der Waals surface area contributed by atoms with Crippen molar-refractivity contribution in [3.63, 3.8) is 0 Å². The largest absolute Gasteiger partial charge is 0.354 e. The lowest BCUT2D eigenvalue weighted by Crippen LogP contribution is -2.52. The lowest BCUT2D eigenvalue weighted by Gasteiger charge is -2.38. The maximum Gasteiger partial charge on any atom is 0.317 e. The van der Waals surface area contributed by atoms with Crippen molar-refractivity contribution in [3.8, 4) is 0 Å². The Morgan fingerprint density at radius 1 is 1.32 bits per heavy atom. The first kappa shape index (κ1) is 18.2. The number of nitrogens with zero attached hydrogens (tertiary/aromatic N) is 2. The molecule has 0 aromatic rings. The predicted molar refractivity (Wildman–Crippen MR) is 98.3 cm³/mol. The first-order valence-electron chi connectivity index (χ1n) is 9.89. The standard InChI is InChI=1S/C19H32N4O2/c1-15(18(24)20-10-7-16-5-3-2-4-6-16)22-12-8-17(9-13-22)23-14-11-21-19(23)25/h5,15,17H,2-4,6-14H2,1H3,(H,20,24)(H,21,25)/t15-/m0/s1. The van der Waals surface area contributed by atoms with Gasteiger partial charge in [-0.25, -0.2) is 4.79 Å². The molecule has 0 radical (unpaired) electrons. The third kappa shape index (κ3) is 4.75. The topological polar surface area (TPSA) is 64.7 Å². The second-order valence-corrected chi connectivity index (χ2v) is 7.52. The highest BCUT2D eigenvalue weighted by molar-refractivity contribution is 5.81. The summed E-state index contributed by atoms with van der Waals surface area (Å²) in [5.74, 6) is 0.133. The van der Waals surface area contributed by atoms with Crippen LogP contribution in [0, 0.1) is 0 Å². The molecule has 3 rings (SSSR count). The van der Waals surface area contributed by atoms with Crippen LogP contribution in [0.2, 0.25) is 0 Å². The number of likely N-dealkylation sites (tertiary alicyclic amines) is 1. The van der Waals surface area contributed by atoms with E-state index in [0.29, 0.717) is 6.04 Å². The fourth-order valence-corrected chi connectivity index (χ4v) is 4.21. The second-order valence-electron chi connectivity index (χ2n) is 7.52. The molecule has 2 heterocycles. The molecule has 140 valence electrons. The van der Waals surface area contributed by atoms with Gasteiger partial charge in [0, 0.05) is 38.8 Å². The van der Waals surface area contributed by atoms with Crippen LogP contribution in [0.5, 0.6) is 0 Å². The molecule has 25 heavy (non-hydrogen) atoms. The number of hydrogen-bond donors (Lipinski definition) is 2. The van der Waals surface area contributed by atoms with Crippen LogP contribution in [0.1, 0.15) is 51.9 Å². The zero-order chi connectivity index (χ0) is 17.6. The van der Waals surface area contributed by atoms with E-state index in [2.05, 4.69) is 21.6 Å². The number of nitrogens with one attached hydrogen (secondary N) is 2. The van der Waals surface area contributed by atoms with E-state index in [9.17, 15) is 9.59 Å². The molecule has 3 amide bonds. The monoisotopic (exact) mass is 348 g/mol. The van der Waals surface area contributed by atoms with Gasteiger partial charge in [0.25, 0.3) is 0 Å². The predicted octanol–water partition coefficient (Wildman–Crippen LogP) is 1.87. The van der Waals surface area contributed by atoms with Crippen molar-refractivity contribution in [2.45, 2.75) is 64.0 Å². The Balaban J connectivity index is 1.37. The van der Waals surface area contributed by atoms with E-state index in [1.54, 1.807) is 0 Å². The van der Waals surface area contributed by atoms with E-state index in [1.165, 1.54) is 31.3 Å². The third-order valence-corrected chi connectivity index (χ3v) is 5.89. The molecule has 3 aliphatic rings. The van der Waals surface area contributed by atoms with E-state index < -0.39 is 0 Å². The number of carbonyl (C=O) groups excluding carboxylic acids is 2. The molecule has 1 atom stereocenters. The third-order valence-electron chi connectivity index (χ3n) is 5.89. The minimum Gasteiger partial charge on any atom is -0.354 e. The van der Waals surface area contributed by atoms with Gasteiger partial charge in [0.1, 0.15) is 0 Å². The van der Waals surface area contributed by atoms with E-state index >= 15 is 0 Å². The summed E-state index contributed by atoms with van der Waals surface area (Å²) in [5, 5.41) is 5.98. The lowest BCUT2D eigenvalue weighted by atomic mass is 9.97. The molecule has 0 bridgehead atoms. The van der Waals surface area contributed by atoms with Crippen LogP contribution in [0.25, 0.3) is 0 Å². The molecule has 0 aromatic heterocycles. The molecular formula is C19H32N4O2. The van der Waals surface area contributed by atoms with Crippen molar-refractivity contribution in [2.24, 2.45) is 0 Å². The highest BCUT2D eigenvalue weighted by Crippen LogP contribution is 2.21. The van der Waals surface area contributed by atoms with Crippen molar-refractivity contribution < 1.29 is 9.59 Å². The first-order chi connectivity index (χ1) is 12.1. The Morgan fingerprint density at radius 2 is 2.12 bits per heavy atom. The van der Waals surface area contributed by atoms with Crippen LogP contribution < -0.4 is 10.6 Å². The number of carbonyl (C=O) groups is 2. The van der Waals surface area contributed by atoms with Crippen molar-refractivity contribution >= 4 is 11.9 Å². The molecule has 2 fully saturated rings. The van der Waals surface area contributed by atoms with Gasteiger partial charge in [-0.05, 0) is 51.9 Å². The highest BCUT2D eigenvalue weighted by atomic mass is 16.2. The van der Waals surface area contributed by atoms with Crippen LogP contribution >= 0.6 is 0 Å². The molecule has 0 aromatic carbocycles. The summed E-state index contributed by atoms with van der Waals surface area (Å²) in [6.07, 6.45) is 10.2. The minimum atomic E-state index is -0.0892. The number of amides is 3. The highest BCUT2D eigenvalue weighted by Gasteiger charge is 2.33. The number of hydrogen-bond acceptors (Lipinski definition) is 3. The quantitative estimate of drug-likeness (QED) is 0.720. The number of allylic oxidation sites excluding steroid dienone is 1. The molecule has 0 unspecified atom stereocenters. The zero-order valence-corrected chi connectivity index (χ0v) is 15.4. The van der Waals surface area contributed by atoms with Crippen molar-refractivity contribution in [1.82, 2.24) is 20.4 Å². The fourth-order valence-electron chi connectivity index (χ4n) is 4.21. The molecule has 1 aliphatic carbocycles. The summed E-state index contributed by atoms with van der Waals surface area (Å²) < 4.78 is 0. The minimum absolute atomic E-state index is 0.0706. The molecular weight excluding hydrogens is 316 g/mol. The maximum atomic E-state index is 12.4. The second kappa shape index (κ2) is 8.70. The Morgan fingerprint density at radius 3 is 2.76 bits per heavy atom. The molecule has 2 saturated heterocycles. The molecule has 2 aliphatic heterocycles. The van der Waals surface area contributed by atoms with Crippen molar-refractivity contribution in [1.29, 1.82) is 0 Å². The van der Waals surface area contributed by atoms with Gasteiger partial charge in [0.15, 0.2) is 0 Å². The Bertz CT molecular complexity index is 512. The number of piperidine rings is 1. The Hall–Kier alpha value is -1.56. The van der Waals surface area contributed by atoms with Gasteiger partial charge in [-0.3, -0.25) is 9.69 Å². The zero-order valence-electron chi connectivity index (χ0n) is 15.4. The van der Waals surface area contributed by atoms with Gasteiger partial charge in [0.2, 0.25) is 5.91 Å². The SMILES string of the molecule is C[C@@H](C(=O)NCCC1=CCCCC1)N1CCC(N2CCNC2=O)CC1. The van der Waals surface area contributed by atoms with E-state index in [1.807, 2.05) is 11.8 Å². The summed E-state index contributed by atoms with van der Waals surface area (Å²) in [7, 11) is 0. The van der Waals surface area contributed by atoms with E-state index in [4.69, 9.17) is 0 Å². The smallest absolute Gasteiger partial charge is 0.317 e. The van der Waals surface area contributed by atoms with Crippen LogP contribution in [-0.2, 0) is 4.79 Å². The number of urea groups is 1. The van der Waals surface area contributed by atoms with Crippen LogP contribution in [0.4, 0.5) is 4.79 Å².